The van der Waals surface area contributed by atoms with Crippen LogP contribution in [-0.4, -0.2) is 18.3 Å². The summed E-state index contributed by atoms with van der Waals surface area (Å²) in [6.45, 7) is 1.96. The van der Waals surface area contributed by atoms with Crippen LogP contribution in [0.3, 0.4) is 0 Å². The normalized spacial score (nSPS) is 13.7. The van der Waals surface area contributed by atoms with Gasteiger partial charge in [-0.3, -0.25) is 0 Å². The first-order valence-electron chi connectivity index (χ1n) is 8.20. The van der Waals surface area contributed by atoms with Crippen molar-refractivity contribution in [1.29, 1.82) is 0 Å². The van der Waals surface area contributed by atoms with Crippen LogP contribution >= 0.6 is 0 Å². The molecule has 5 heteroatoms. The molecule has 1 aromatic heterocycles. The second-order valence-corrected chi connectivity index (χ2v) is 6.07. The fourth-order valence-electron chi connectivity index (χ4n) is 3.16. The Kier molecular flexibility index (Phi) is 5.16. The summed E-state index contributed by atoms with van der Waals surface area (Å²) in [4.78, 5) is 17.6. The topological polar surface area (TPSA) is 71.7 Å². The minimum atomic E-state index is -0.519. The largest absolute Gasteiger partial charge is 0.507 e. The van der Waals surface area contributed by atoms with E-state index >= 15 is 0 Å². The summed E-state index contributed by atoms with van der Waals surface area (Å²) in [6, 6.07) is 16.6. The van der Waals surface area contributed by atoms with Crippen LogP contribution in [0, 0.1) is 0 Å². The Balaban J connectivity index is 2.16. The van der Waals surface area contributed by atoms with Crippen molar-refractivity contribution in [2.45, 2.75) is 25.3 Å². The molecule has 0 aliphatic carbocycles. The maximum absolute atomic E-state index is 12.6. The van der Waals surface area contributed by atoms with Crippen molar-refractivity contribution in [1.82, 2.24) is 5.48 Å². The lowest BCUT2D eigenvalue weighted by Crippen LogP contribution is -2.28. The van der Waals surface area contributed by atoms with E-state index < -0.39 is 5.63 Å². The molecular formula is C20H21NO4. The van der Waals surface area contributed by atoms with Gasteiger partial charge in [0.2, 0.25) is 0 Å². The minimum absolute atomic E-state index is 0.0229. The van der Waals surface area contributed by atoms with Gasteiger partial charge in [-0.15, -0.1) is 0 Å². The van der Waals surface area contributed by atoms with Crippen LogP contribution in [0.4, 0.5) is 0 Å². The molecule has 130 valence electrons. The summed E-state index contributed by atoms with van der Waals surface area (Å²) in [6.07, 6.45) is 0.564. The first kappa shape index (κ1) is 17.2. The predicted octanol–water partition coefficient (Wildman–Crippen LogP) is 3.56. The Bertz CT molecular complexity index is 904. The van der Waals surface area contributed by atoms with Gasteiger partial charge in [-0.05, 0) is 31.0 Å². The fraction of sp³-hybridized carbons (Fsp3) is 0.250. The third kappa shape index (κ3) is 3.57. The lowest BCUT2D eigenvalue weighted by Gasteiger charge is -2.22. The third-order valence-corrected chi connectivity index (χ3v) is 4.28. The highest BCUT2D eigenvalue weighted by atomic mass is 16.6. The molecule has 0 fully saturated rings. The van der Waals surface area contributed by atoms with E-state index in [-0.39, 0.29) is 23.3 Å². The van der Waals surface area contributed by atoms with Crippen LogP contribution in [0.15, 0.2) is 63.8 Å². The van der Waals surface area contributed by atoms with Gasteiger partial charge in [0.15, 0.2) is 0 Å². The van der Waals surface area contributed by atoms with E-state index in [1.165, 1.54) is 0 Å². The van der Waals surface area contributed by atoms with Gasteiger partial charge in [0.25, 0.3) is 0 Å². The SMILES string of the molecule is CONC(C)CC(c1ccccc1)c1c(O)c2ccccc2oc1=O. The molecule has 0 saturated carbocycles. The molecule has 0 aliphatic rings. The molecule has 2 unspecified atom stereocenters. The van der Waals surface area contributed by atoms with E-state index in [0.29, 0.717) is 17.4 Å². The zero-order chi connectivity index (χ0) is 17.8. The lowest BCUT2D eigenvalue weighted by molar-refractivity contribution is 0.0622. The zero-order valence-electron chi connectivity index (χ0n) is 14.2. The predicted molar refractivity (Wildman–Crippen MR) is 96.7 cm³/mol. The fourth-order valence-corrected chi connectivity index (χ4v) is 3.16. The minimum Gasteiger partial charge on any atom is -0.507 e. The molecule has 5 nitrogen and oxygen atoms in total. The molecule has 3 rings (SSSR count). The molecule has 0 amide bonds. The Labute approximate surface area is 145 Å². The van der Waals surface area contributed by atoms with Crippen molar-refractivity contribution in [3.63, 3.8) is 0 Å². The van der Waals surface area contributed by atoms with Gasteiger partial charge in [-0.2, -0.15) is 0 Å². The van der Waals surface area contributed by atoms with Crippen LogP contribution in [0.25, 0.3) is 11.0 Å². The van der Waals surface area contributed by atoms with E-state index in [0.717, 1.165) is 5.56 Å². The first-order chi connectivity index (χ1) is 12.1. The number of benzene rings is 2. The Morgan fingerprint density at radius 3 is 2.52 bits per heavy atom. The molecule has 0 spiro atoms. The molecule has 25 heavy (non-hydrogen) atoms. The van der Waals surface area contributed by atoms with Crippen LogP contribution in [0.5, 0.6) is 5.75 Å². The molecule has 0 bridgehead atoms. The summed E-state index contributed by atoms with van der Waals surface area (Å²) in [5.41, 5.74) is 3.94. The third-order valence-electron chi connectivity index (χ3n) is 4.28. The van der Waals surface area contributed by atoms with E-state index in [1.807, 2.05) is 37.3 Å². The molecule has 0 saturated heterocycles. The summed E-state index contributed by atoms with van der Waals surface area (Å²) < 4.78 is 5.45. The number of hydrogen-bond donors (Lipinski definition) is 2. The van der Waals surface area contributed by atoms with Crippen molar-refractivity contribution in [3.8, 4) is 5.75 Å². The van der Waals surface area contributed by atoms with E-state index in [4.69, 9.17) is 9.25 Å². The zero-order valence-corrected chi connectivity index (χ0v) is 14.2. The van der Waals surface area contributed by atoms with Crippen LogP contribution < -0.4 is 11.1 Å². The van der Waals surface area contributed by atoms with Gasteiger partial charge in [0.1, 0.15) is 11.3 Å². The number of hydroxylamine groups is 1. The van der Waals surface area contributed by atoms with E-state index in [1.54, 1.807) is 31.4 Å². The van der Waals surface area contributed by atoms with Gasteiger partial charge >= 0.3 is 5.63 Å². The number of para-hydroxylation sites is 1. The Morgan fingerprint density at radius 1 is 1.12 bits per heavy atom. The average Bonchev–Trinajstić information content (AvgIpc) is 2.62. The number of nitrogens with one attached hydrogen (secondary N) is 1. The molecule has 1 heterocycles. The highest BCUT2D eigenvalue weighted by molar-refractivity contribution is 5.84. The van der Waals surface area contributed by atoms with Gasteiger partial charge < -0.3 is 14.4 Å². The van der Waals surface area contributed by atoms with Crippen molar-refractivity contribution < 1.29 is 14.4 Å². The number of rotatable bonds is 6. The van der Waals surface area contributed by atoms with Gasteiger partial charge in [-0.1, -0.05) is 42.5 Å². The van der Waals surface area contributed by atoms with Crippen LogP contribution in [-0.2, 0) is 4.84 Å². The Morgan fingerprint density at radius 2 is 1.80 bits per heavy atom. The van der Waals surface area contributed by atoms with Gasteiger partial charge in [0, 0.05) is 12.0 Å². The van der Waals surface area contributed by atoms with Gasteiger partial charge in [0.05, 0.1) is 18.1 Å². The quantitative estimate of drug-likeness (QED) is 0.531. The standard InChI is InChI=1S/C20H21NO4/c1-13(21-24-2)12-16(14-8-4-3-5-9-14)18-19(22)15-10-6-7-11-17(15)25-20(18)23/h3-11,13,16,21-22H,12H2,1-2H3. The summed E-state index contributed by atoms with van der Waals surface area (Å²) >= 11 is 0. The van der Waals surface area contributed by atoms with Crippen molar-refractivity contribution in [2.24, 2.45) is 0 Å². The molecule has 0 radical (unpaired) electrons. The number of hydrogen-bond acceptors (Lipinski definition) is 5. The molecule has 3 aromatic rings. The summed E-state index contributed by atoms with van der Waals surface area (Å²) in [5.74, 6) is -0.343. The van der Waals surface area contributed by atoms with Crippen molar-refractivity contribution >= 4 is 11.0 Å². The van der Waals surface area contributed by atoms with Crippen molar-refractivity contribution in [2.75, 3.05) is 7.11 Å². The van der Waals surface area contributed by atoms with E-state index in [9.17, 15) is 9.90 Å². The van der Waals surface area contributed by atoms with Crippen LogP contribution in [0.2, 0.25) is 0 Å². The second kappa shape index (κ2) is 7.51. The smallest absolute Gasteiger partial charge is 0.343 e. The lowest BCUT2D eigenvalue weighted by atomic mass is 9.86. The second-order valence-electron chi connectivity index (χ2n) is 6.07. The monoisotopic (exact) mass is 339 g/mol. The molecule has 2 atom stereocenters. The molecule has 2 aromatic carbocycles. The summed E-state index contributed by atoms with van der Waals surface area (Å²) in [5, 5.41) is 11.3. The number of aromatic hydroxyl groups is 1. The Hall–Kier alpha value is -2.63. The van der Waals surface area contributed by atoms with Crippen molar-refractivity contribution in [3.05, 3.63) is 76.1 Å². The molecule has 0 aliphatic heterocycles. The first-order valence-corrected chi connectivity index (χ1v) is 8.20. The van der Waals surface area contributed by atoms with Gasteiger partial charge in [-0.25, -0.2) is 10.3 Å². The molecule has 2 N–H and O–H groups in total. The number of fused-ring (bicyclic) bond motifs is 1. The highest BCUT2D eigenvalue weighted by Crippen LogP contribution is 2.36. The van der Waals surface area contributed by atoms with Crippen LogP contribution in [0.1, 0.15) is 30.4 Å². The maximum atomic E-state index is 12.6. The highest BCUT2D eigenvalue weighted by Gasteiger charge is 2.26. The maximum Gasteiger partial charge on any atom is 0.343 e. The average molecular weight is 339 g/mol. The molecular weight excluding hydrogens is 318 g/mol. The van der Waals surface area contributed by atoms with E-state index in [2.05, 4.69) is 5.48 Å². The summed E-state index contributed by atoms with van der Waals surface area (Å²) in [7, 11) is 1.55.